The molecular weight excluding hydrogens is 405 g/mol. The number of para-hydroxylation sites is 1. The minimum absolute atomic E-state index is 0. The quantitative estimate of drug-likeness (QED) is 0.743. The Kier molecular flexibility index (Phi) is 7.40. The lowest BCUT2D eigenvalue weighted by Gasteiger charge is -2.17. The third-order valence-corrected chi connectivity index (χ3v) is 5.98. The van der Waals surface area contributed by atoms with Gasteiger partial charge in [0.25, 0.3) is 15.9 Å². The van der Waals surface area contributed by atoms with Crippen LogP contribution in [0.2, 0.25) is 0 Å². The number of hydrogen-bond acceptors (Lipinski definition) is 4. The minimum atomic E-state index is -3.94. The molecule has 2 aromatic rings. The zero-order valence-electron chi connectivity index (χ0n) is 15.4. The van der Waals surface area contributed by atoms with Gasteiger partial charge in [-0.1, -0.05) is 12.1 Å². The van der Waals surface area contributed by atoms with E-state index in [1.807, 2.05) is 7.05 Å². The predicted octanol–water partition coefficient (Wildman–Crippen LogP) is 2.73. The SMILES string of the molecule is CNCC1CCN(C(=O)c2ccc(S(=O)(=O)Nc3ccccc3F)cc2)C1.Cl. The van der Waals surface area contributed by atoms with E-state index in [-0.39, 0.29) is 28.9 Å². The minimum Gasteiger partial charge on any atom is -0.338 e. The average Bonchev–Trinajstić information content (AvgIpc) is 3.12. The second kappa shape index (κ2) is 9.36. The number of carbonyl (C=O) groups excluding carboxylic acids is 1. The first-order valence-electron chi connectivity index (χ1n) is 8.72. The molecule has 0 spiro atoms. The van der Waals surface area contributed by atoms with E-state index in [4.69, 9.17) is 0 Å². The smallest absolute Gasteiger partial charge is 0.261 e. The van der Waals surface area contributed by atoms with Gasteiger partial charge >= 0.3 is 0 Å². The molecule has 0 aromatic heterocycles. The van der Waals surface area contributed by atoms with Crippen LogP contribution < -0.4 is 10.0 Å². The molecule has 28 heavy (non-hydrogen) atoms. The normalized spacial score (nSPS) is 16.5. The Bertz CT molecular complexity index is 922. The highest BCUT2D eigenvalue weighted by atomic mass is 35.5. The fourth-order valence-electron chi connectivity index (χ4n) is 3.18. The van der Waals surface area contributed by atoms with Gasteiger partial charge < -0.3 is 10.2 Å². The molecule has 1 heterocycles. The molecule has 0 saturated carbocycles. The molecule has 0 bridgehead atoms. The number of nitrogens with zero attached hydrogens (tertiary/aromatic N) is 1. The van der Waals surface area contributed by atoms with Crippen LogP contribution in [0, 0.1) is 11.7 Å². The van der Waals surface area contributed by atoms with Crippen LogP contribution in [0.3, 0.4) is 0 Å². The maximum absolute atomic E-state index is 13.7. The topological polar surface area (TPSA) is 78.5 Å². The molecular formula is C19H23ClFN3O3S. The van der Waals surface area contributed by atoms with Gasteiger partial charge in [0.2, 0.25) is 0 Å². The monoisotopic (exact) mass is 427 g/mol. The summed E-state index contributed by atoms with van der Waals surface area (Å²) in [6.07, 6.45) is 0.950. The lowest BCUT2D eigenvalue weighted by atomic mass is 10.1. The number of halogens is 2. The first kappa shape index (κ1) is 22.1. The fourth-order valence-corrected chi connectivity index (χ4v) is 4.25. The Morgan fingerprint density at radius 3 is 2.50 bits per heavy atom. The number of hydrogen-bond donors (Lipinski definition) is 2. The maximum atomic E-state index is 13.7. The molecule has 6 nitrogen and oxygen atoms in total. The summed E-state index contributed by atoms with van der Waals surface area (Å²) in [5.74, 6) is -0.332. The number of anilines is 1. The highest BCUT2D eigenvalue weighted by molar-refractivity contribution is 7.92. The van der Waals surface area contributed by atoms with Crippen LogP contribution in [0.1, 0.15) is 16.8 Å². The molecule has 1 fully saturated rings. The van der Waals surface area contributed by atoms with Gasteiger partial charge in [0, 0.05) is 18.7 Å². The van der Waals surface area contributed by atoms with Crippen molar-refractivity contribution in [1.29, 1.82) is 0 Å². The van der Waals surface area contributed by atoms with Crippen molar-refractivity contribution >= 4 is 34.0 Å². The summed E-state index contributed by atoms with van der Waals surface area (Å²) in [5, 5.41) is 3.12. The van der Waals surface area contributed by atoms with E-state index < -0.39 is 15.8 Å². The average molecular weight is 428 g/mol. The van der Waals surface area contributed by atoms with E-state index in [0.29, 0.717) is 24.6 Å². The van der Waals surface area contributed by atoms with Gasteiger partial charge in [0.05, 0.1) is 10.6 Å². The zero-order chi connectivity index (χ0) is 19.4. The Morgan fingerprint density at radius 1 is 1.18 bits per heavy atom. The van der Waals surface area contributed by atoms with Crippen molar-refractivity contribution in [3.05, 3.63) is 59.9 Å². The van der Waals surface area contributed by atoms with E-state index in [1.165, 1.54) is 42.5 Å². The summed E-state index contributed by atoms with van der Waals surface area (Å²) in [5.41, 5.74) is 0.315. The second-order valence-electron chi connectivity index (χ2n) is 6.57. The Labute approximate surface area is 170 Å². The molecule has 1 unspecified atom stereocenters. The van der Waals surface area contributed by atoms with Crippen LogP contribution in [0.4, 0.5) is 10.1 Å². The predicted molar refractivity (Wildman–Crippen MR) is 109 cm³/mol. The number of carbonyl (C=O) groups is 1. The van der Waals surface area contributed by atoms with Crippen LogP contribution in [0.15, 0.2) is 53.4 Å². The summed E-state index contributed by atoms with van der Waals surface area (Å²) in [6.45, 7) is 2.25. The van der Waals surface area contributed by atoms with Crippen molar-refractivity contribution in [2.45, 2.75) is 11.3 Å². The standard InChI is InChI=1S/C19H22FN3O3S.ClH/c1-21-12-14-10-11-23(13-14)19(24)15-6-8-16(9-7-15)27(25,26)22-18-5-3-2-4-17(18)20;/h2-9,14,21-22H,10-13H2,1H3;1H. The molecule has 152 valence electrons. The second-order valence-corrected chi connectivity index (χ2v) is 8.26. The highest BCUT2D eigenvalue weighted by Gasteiger charge is 2.26. The van der Waals surface area contributed by atoms with Crippen LogP contribution in [-0.4, -0.2) is 45.9 Å². The third kappa shape index (κ3) is 5.01. The molecule has 1 aliphatic rings. The van der Waals surface area contributed by atoms with Gasteiger partial charge in [0.1, 0.15) is 5.82 Å². The van der Waals surface area contributed by atoms with Gasteiger partial charge in [-0.05, 0) is 62.3 Å². The molecule has 0 aliphatic carbocycles. The number of likely N-dealkylation sites (tertiary alicyclic amines) is 1. The van der Waals surface area contributed by atoms with Crippen molar-refractivity contribution < 1.29 is 17.6 Å². The molecule has 0 radical (unpaired) electrons. The zero-order valence-corrected chi connectivity index (χ0v) is 17.0. The van der Waals surface area contributed by atoms with Crippen molar-refractivity contribution in [2.24, 2.45) is 5.92 Å². The number of nitrogens with one attached hydrogen (secondary N) is 2. The molecule has 1 aliphatic heterocycles. The van der Waals surface area contributed by atoms with Crippen molar-refractivity contribution in [1.82, 2.24) is 10.2 Å². The first-order valence-corrected chi connectivity index (χ1v) is 10.2. The Morgan fingerprint density at radius 2 is 1.86 bits per heavy atom. The molecule has 2 aromatic carbocycles. The van der Waals surface area contributed by atoms with Crippen molar-refractivity contribution in [3.63, 3.8) is 0 Å². The van der Waals surface area contributed by atoms with Gasteiger partial charge in [-0.25, -0.2) is 12.8 Å². The van der Waals surface area contributed by atoms with Gasteiger partial charge in [-0.3, -0.25) is 9.52 Å². The van der Waals surface area contributed by atoms with Crippen molar-refractivity contribution in [3.8, 4) is 0 Å². The molecule has 2 N–H and O–H groups in total. The van der Waals surface area contributed by atoms with Crippen LogP contribution in [0.25, 0.3) is 0 Å². The maximum Gasteiger partial charge on any atom is 0.261 e. The van der Waals surface area contributed by atoms with Crippen LogP contribution in [0.5, 0.6) is 0 Å². The number of benzene rings is 2. The number of rotatable bonds is 6. The largest absolute Gasteiger partial charge is 0.338 e. The Hall–Kier alpha value is -2.16. The molecule has 1 atom stereocenters. The molecule has 1 saturated heterocycles. The van der Waals surface area contributed by atoms with E-state index in [0.717, 1.165) is 13.0 Å². The number of amides is 1. The molecule has 9 heteroatoms. The van der Waals surface area contributed by atoms with Crippen LogP contribution in [-0.2, 0) is 10.0 Å². The molecule has 3 rings (SSSR count). The van der Waals surface area contributed by atoms with E-state index in [2.05, 4.69) is 10.0 Å². The fraction of sp³-hybridized carbons (Fsp3) is 0.316. The van der Waals surface area contributed by atoms with Crippen LogP contribution >= 0.6 is 12.4 Å². The summed E-state index contributed by atoms with van der Waals surface area (Å²) in [7, 11) is -2.05. The van der Waals surface area contributed by atoms with Gasteiger partial charge in [0.15, 0.2) is 0 Å². The lowest BCUT2D eigenvalue weighted by Crippen LogP contribution is -2.30. The first-order chi connectivity index (χ1) is 12.9. The number of sulfonamides is 1. The lowest BCUT2D eigenvalue weighted by molar-refractivity contribution is 0.0787. The Balaban J connectivity index is 0.00000280. The summed E-state index contributed by atoms with van der Waals surface area (Å²) >= 11 is 0. The van der Waals surface area contributed by atoms with E-state index in [9.17, 15) is 17.6 Å². The van der Waals surface area contributed by atoms with Crippen molar-refractivity contribution in [2.75, 3.05) is 31.4 Å². The van der Waals surface area contributed by atoms with Gasteiger partial charge in [-0.15, -0.1) is 12.4 Å². The summed E-state index contributed by atoms with van der Waals surface area (Å²) in [4.78, 5) is 14.3. The van der Waals surface area contributed by atoms with Gasteiger partial charge in [-0.2, -0.15) is 0 Å². The summed E-state index contributed by atoms with van der Waals surface area (Å²) < 4.78 is 40.8. The third-order valence-electron chi connectivity index (χ3n) is 4.60. The summed E-state index contributed by atoms with van der Waals surface area (Å²) in [6, 6.07) is 11.2. The van der Waals surface area contributed by atoms with E-state index in [1.54, 1.807) is 11.0 Å². The van der Waals surface area contributed by atoms with E-state index >= 15 is 0 Å². The molecule has 1 amide bonds. The highest BCUT2D eigenvalue weighted by Crippen LogP contribution is 2.21.